The molecule has 0 radical (unpaired) electrons. The number of carbonyl (C=O) groups excluding carboxylic acids is 1. The molecule has 0 aromatic heterocycles. The van der Waals surface area contributed by atoms with Gasteiger partial charge < -0.3 is 9.64 Å². The number of halogens is 1. The Balaban J connectivity index is 1.76. The largest absolute Gasteiger partial charge is 0.369 e. The van der Waals surface area contributed by atoms with E-state index in [0.717, 1.165) is 10.2 Å². The van der Waals surface area contributed by atoms with Gasteiger partial charge in [0.15, 0.2) is 0 Å². The molecule has 2 fully saturated rings. The Kier molecular flexibility index (Phi) is 3.95. The van der Waals surface area contributed by atoms with E-state index in [-0.39, 0.29) is 18.6 Å². The van der Waals surface area contributed by atoms with E-state index in [1.54, 1.807) is 0 Å². The monoisotopic (exact) mass is 371 g/mol. The van der Waals surface area contributed by atoms with Crippen molar-refractivity contribution in [3.05, 3.63) is 64.1 Å². The van der Waals surface area contributed by atoms with E-state index in [1.165, 1.54) is 24.0 Å². The summed E-state index contributed by atoms with van der Waals surface area (Å²) in [5, 5.41) is 0. The molecule has 1 saturated carbocycles. The second-order valence-electron chi connectivity index (χ2n) is 6.17. The fraction of sp³-hybridized carbons (Fsp3) is 0.316. The van der Waals surface area contributed by atoms with Crippen molar-refractivity contribution in [3.8, 4) is 0 Å². The van der Waals surface area contributed by atoms with E-state index < -0.39 is 0 Å². The van der Waals surface area contributed by atoms with E-state index >= 15 is 0 Å². The quantitative estimate of drug-likeness (QED) is 0.798. The molecule has 2 aromatic carbocycles. The minimum absolute atomic E-state index is 0.0224. The number of hydrogen-bond acceptors (Lipinski definition) is 2. The predicted molar refractivity (Wildman–Crippen MR) is 93.6 cm³/mol. The highest BCUT2D eigenvalue weighted by molar-refractivity contribution is 9.10. The second-order valence-corrected chi connectivity index (χ2v) is 7.09. The topological polar surface area (TPSA) is 29.5 Å². The molecule has 118 valence electrons. The van der Waals surface area contributed by atoms with Gasteiger partial charge in [0.2, 0.25) is 0 Å². The van der Waals surface area contributed by atoms with Crippen molar-refractivity contribution in [1.29, 1.82) is 0 Å². The molecule has 1 atom stereocenters. The van der Waals surface area contributed by atoms with Crippen molar-refractivity contribution in [2.45, 2.75) is 24.8 Å². The summed E-state index contributed by atoms with van der Waals surface area (Å²) in [7, 11) is 0. The number of amides is 1. The SMILES string of the molecule is O=C1COCC(c2ccccc2C2CC2)N1c1ccc(Br)cc1. The third-order valence-corrected chi connectivity index (χ3v) is 5.09. The molecule has 1 aliphatic heterocycles. The Morgan fingerprint density at radius 1 is 1.00 bits per heavy atom. The summed E-state index contributed by atoms with van der Waals surface area (Å²) < 4.78 is 6.59. The summed E-state index contributed by atoms with van der Waals surface area (Å²) in [6.45, 7) is 0.698. The molecule has 0 N–H and O–H groups in total. The van der Waals surface area contributed by atoms with Crippen LogP contribution >= 0.6 is 15.9 Å². The molecule has 1 aliphatic carbocycles. The lowest BCUT2D eigenvalue weighted by molar-refractivity contribution is -0.127. The number of nitrogens with zero attached hydrogens (tertiary/aromatic N) is 1. The predicted octanol–water partition coefficient (Wildman–Crippen LogP) is 4.43. The number of ether oxygens (including phenoxy) is 1. The minimum Gasteiger partial charge on any atom is -0.369 e. The number of rotatable bonds is 3. The molecule has 1 amide bonds. The Bertz CT molecular complexity index is 724. The van der Waals surface area contributed by atoms with Crippen LogP contribution in [0.25, 0.3) is 0 Å². The Hall–Kier alpha value is -1.65. The van der Waals surface area contributed by atoms with Crippen LogP contribution in [0, 0.1) is 0 Å². The molecule has 2 aromatic rings. The molecule has 23 heavy (non-hydrogen) atoms. The second kappa shape index (κ2) is 6.10. The van der Waals surface area contributed by atoms with E-state index in [4.69, 9.17) is 4.74 Å². The standard InChI is InChI=1S/C19H18BrNO2/c20-14-7-9-15(10-8-14)21-18(11-23-12-19(21)22)17-4-2-1-3-16(17)13-5-6-13/h1-4,7-10,13,18H,5-6,11-12H2. The van der Waals surface area contributed by atoms with Gasteiger partial charge in [-0.25, -0.2) is 0 Å². The molecular weight excluding hydrogens is 354 g/mol. The van der Waals surface area contributed by atoms with Crippen LogP contribution in [-0.4, -0.2) is 19.1 Å². The zero-order valence-electron chi connectivity index (χ0n) is 12.7. The van der Waals surface area contributed by atoms with Crippen LogP contribution in [0.4, 0.5) is 5.69 Å². The van der Waals surface area contributed by atoms with Gasteiger partial charge in [-0.2, -0.15) is 0 Å². The molecule has 4 heteroatoms. The Morgan fingerprint density at radius 3 is 2.39 bits per heavy atom. The first-order valence-electron chi connectivity index (χ1n) is 7.98. The third kappa shape index (κ3) is 2.93. The van der Waals surface area contributed by atoms with Crippen molar-refractivity contribution in [1.82, 2.24) is 0 Å². The lowest BCUT2D eigenvalue weighted by Crippen LogP contribution is -2.44. The molecule has 4 rings (SSSR count). The summed E-state index contributed by atoms with van der Waals surface area (Å²) in [6, 6.07) is 16.4. The molecule has 0 spiro atoms. The average Bonchev–Trinajstić information content (AvgIpc) is 3.41. The molecule has 1 saturated heterocycles. The first kappa shape index (κ1) is 14.9. The van der Waals surface area contributed by atoms with E-state index in [2.05, 4.69) is 40.2 Å². The summed E-state index contributed by atoms with van der Waals surface area (Å²) in [4.78, 5) is 14.4. The molecular formula is C19H18BrNO2. The van der Waals surface area contributed by atoms with Gasteiger partial charge in [0.1, 0.15) is 6.61 Å². The highest BCUT2D eigenvalue weighted by Crippen LogP contribution is 2.44. The summed E-state index contributed by atoms with van der Waals surface area (Å²) in [5.74, 6) is 0.671. The Morgan fingerprint density at radius 2 is 1.70 bits per heavy atom. The van der Waals surface area contributed by atoms with Gasteiger partial charge in [0.25, 0.3) is 5.91 Å². The van der Waals surface area contributed by atoms with Gasteiger partial charge in [-0.15, -0.1) is 0 Å². The van der Waals surface area contributed by atoms with Crippen LogP contribution in [0.1, 0.15) is 35.9 Å². The van der Waals surface area contributed by atoms with Crippen LogP contribution in [0.3, 0.4) is 0 Å². The number of benzene rings is 2. The van der Waals surface area contributed by atoms with E-state index in [0.29, 0.717) is 12.5 Å². The van der Waals surface area contributed by atoms with E-state index in [9.17, 15) is 4.79 Å². The molecule has 3 nitrogen and oxygen atoms in total. The summed E-state index contributed by atoms with van der Waals surface area (Å²) in [6.07, 6.45) is 2.49. The highest BCUT2D eigenvalue weighted by atomic mass is 79.9. The van der Waals surface area contributed by atoms with Gasteiger partial charge in [-0.05, 0) is 54.2 Å². The smallest absolute Gasteiger partial charge is 0.253 e. The van der Waals surface area contributed by atoms with Gasteiger partial charge in [-0.1, -0.05) is 40.2 Å². The van der Waals surface area contributed by atoms with Gasteiger partial charge >= 0.3 is 0 Å². The zero-order chi connectivity index (χ0) is 15.8. The van der Waals surface area contributed by atoms with Crippen molar-refractivity contribution in [2.24, 2.45) is 0 Å². The first-order valence-corrected chi connectivity index (χ1v) is 8.77. The number of hydrogen-bond donors (Lipinski definition) is 0. The zero-order valence-corrected chi connectivity index (χ0v) is 14.3. The van der Waals surface area contributed by atoms with Gasteiger partial charge in [0.05, 0.1) is 12.6 Å². The highest BCUT2D eigenvalue weighted by Gasteiger charge is 2.35. The van der Waals surface area contributed by atoms with Crippen LogP contribution in [-0.2, 0) is 9.53 Å². The third-order valence-electron chi connectivity index (χ3n) is 4.56. The molecule has 2 aliphatic rings. The maximum atomic E-state index is 12.5. The van der Waals surface area contributed by atoms with E-state index in [1.807, 2.05) is 29.2 Å². The maximum absolute atomic E-state index is 12.5. The number of carbonyl (C=O) groups is 1. The van der Waals surface area contributed by atoms with Crippen molar-refractivity contribution < 1.29 is 9.53 Å². The normalized spacial score (nSPS) is 21.5. The van der Waals surface area contributed by atoms with Crippen molar-refractivity contribution in [3.63, 3.8) is 0 Å². The molecule has 1 unspecified atom stereocenters. The van der Waals surface area contributed by atoms with Crippen LogP contribution in [0.2, 0.25) is 0 Å². The van der Waals surface area contributed by atoms with Gasteiger partial charge in [-0.3, -0.25) is 4.79 Å². The van der Waals surface area contributed by atoms with Crippen molar-refractivity contribution in [2.75, 3.05) is 18.1 Å². The van der Waals surface area contributed by atoms with Crippen LogP contribution in [0.15, 0.2) is 53.0 Å². The van der Waals surface area contributed by atoms with Crippen LogP contribution < -0.4 is 4.90 Å². The maximum Gasteiger partial charge on any atom is 0.253 e. The van der Waals surface area contributed by atoms with Crippen LogP contribution in [0.5, 0.6) is 0 Å². The summed E-state index contributed by atoms with van der Waals surface area (Å²) >= 11 is 3.46. The Labute approximate surface area is 144 Å². The lowest BCUT2D eigenvalue weighted by Gasteiger charge is -2.36. The lowest BCUT2D eigenvalue weighted by atomic mass is 9.95. The average molecular weight is 372 g/mol. The molecule has 1 heterocycles. The molecule has 0 bridgehead atoms. The number of anilines is 1. The van der Waals surface area contributed by atoms with Gasteiger partial charge in [0, 0.05) is 10.2 Å². The summed E-state index contributed by atoms with van der Waals surface area (Å²) in [5.41, 5.74) is 3.53. The minimum atomic E-state index is -0.0470. The first-order chi connectivity index (χ1) is 11.2. The fourth-order valence-corrected chi connectivity index (χ4v) is 3.58. The van der Waals surface area contributed by atoms with Crippen molar-refractivity contribution >= 4 is 27.5 Å². The number of morpholine rings is 1. The fourth-order valence-electron chi connectivity index (χ4n) is 3.31.